The van der Waals surface area contributed by atoms with E-state index in [1.54, 1.807) is 16.8 Å². The second-order valence-corrected chi connectivity index (χ2v) is 11.9. The van der Waals surface area contributed by atoms with E-state index in [2.05, 4.69) is 48.0 Å². The zero-order valence-electron chi connectivity index (χ0n) is 23.7. The number of hydrogen-bond donors (Lipinski definition) is 3. The van der Waals surface area contributed by atoms with Gasteiger partial charge in [0.15, 0.2) is 11.6 Å². The summed E-state index contributed by atoms with van der Waals surface area (Å²) in [4.78, 5) is 37.6. The molecule has 43 heavy (non-hydrogen) atoms. The van der Waals surface area contributed by atoms with E-state index in [1.165, 1.54) is 12.4 Å². The first-order chi connectivity index (χ1) is 21.1. The molecule has 2 aliphatic heterocycles. The van der Waals surface area contributed by atoms with Crippen LogP contribution in [-0.2, 0) is 4.74 Å². The molecule has 5 aromatic rings. The van der Waals surface area contributed by atoms with Crippen LogP contribution in [0.15, 0.2) is 42.9 Å². The molecule has 4 aromatic heterocycles. The highest BCUT2D eigenvalue weighted by molar-refractivity contribution is 7.23. The van der Waals surface area contributed by atoms with Crippen LogP contribution in [0.5, 0.6) is 0 Å². The third-order valence-electron chi connectivity index (χ3n) is 8.12. The van der Waals surface area contributed by atoms with Crippen LogP contribution in [0.2, 0.25) is 0 Å². The molecular weight excluding hydrogens is 568 g/mol. The molecule has 0 saturated carbocycles. The van der Waals surface area contributed by atoms with Crippen molar-refractivity contribution in [1.82, 2.24) is 35.6 Å². The highest BCUT2D eigenvalue weighted by Gasteiger charge is 2.28. The molecule has 1 unspecified atom stereocenters. The van der Waals surface area contributed by atoms with Crippen molar-refractivity contribution >= 4 is 55.1 Å². The number of carbonyl (C=O) groups excluding carboxylic acids is 1. The van der Waals surface area contributed by atoms with Gasteiger partial charge < -0.3 is 19.4 Å². The summed E-state index contributed by atoms with van der Waals surface area (Å²) in [5.74, 6) is 1.58. The Morgan fingerprint density at radius 3 is 2.81 bits per heavy atom. The van der Waals surface area contributed by atoms with E-state index in [9.17, 15) is 4.79 Å². The molecule has 1 aromatic carbocycles. The fraction of sp³-hybridized carbons (Fsp3) is 0.379. The van der Waals surface area contributed by atoms with Gasteiger partial charge in [0.1, 0.15) is 0 Å². The first-order valence-electron chi connectivity index (χ1n) is 14.4. The van der Waals surface area contributed by atoms with Gasteiger partial charge in [-0.25, -0.2) is 25.4 Å². The van der Waals surface area contributed by atoms with E-state index in [0.717, 1.165) is 82.9 Å². The number of fused-ring (bicyclic) bond motifs is 2. The number of morpholine rings is 1. The van der Waals surface area contributed by atoms with Crippen molar-refractivity contribution in [3.63, 3.8) is 0 Å². The predicted octanol–water partition coefficient (Wildman–Crippen LogP) is 3.48. The normalized spacial score (nSPS) is 17.5. The number of hydrogen-bond acceptors (Lipinski definition) is 12. The van der Waals surface area contributed by atoms with Crippen LogP contribution >= 0.6 is 11.3 Å². The molecule has 6 heterocycles. The standard InChI is InChI=1S/C29H32N10O3S/c1-37(17-19-5-2-3-8-39(19)29-30-14-18(15-31-29)28(40)36-41)24-13-23-25(43-24)27(38-9-11-42-12-10-38)34-26(33-23)20-6-4-7-22-21(20)16-32-35-22/h4,6-7,13-16,19,41H,2-3,5,8-12,17H2,1H3,(H,32,35)(H,36,40). The second-order valence-electron chi connectivity index (χ2n) is 10.8. The van der Waals surface area contributed by atoms with Crippen molar-refractivity contribution in [2.75, 3.05) is 61.1 Å². The molecule has 7 rings (SSSR count). The fourth-order valence-corrected chi connectivity index (χ4v) is 6.96. The number of nitrogens with zero attached hydrogens (tertiary/aromatic N) is 8. The maximum atomic E-state index is 11.7. The highest BCUT2D eigenvalue weighted by atomic mass is 32.1. The van der Waals surface area contributed by atoms with Gasteiger partial charge in [0, 0.05) is 62.6 Å². The summed E-state index contributed by atoms with van der Waals surface area (Å²) in [7, 11) is 2.11. The number of carbonyl (C=O) groups is 1. The SMILES string of the molecule is CN(CC1CCCCN1c1ncc(C(=O)NO)cn1)c1cc2nc(-c3cccc4[nH]ncc34)nc(N3CCOCC3)c2s1. The van der Waals surface area contributed by atoms with Crippen molar-refractivity contribution in [2.45, 2.75) is 25.3 Å². The molecule has 0 spiro atoms. The smallest absolute Gasteiger partial charge is 0.277 e. The Kier molecular flexibility index (Phi) is 7.47. The minimum atomic E-state index is -0.629. The second kappa shape index (κ2) is 11.7. The largest absolute Gasteiger partial charge is 0.378 e. The minimum absolute atomic E-state index is 0.195. The third kappa shape index (κ3) is 5.32. The lowest BCUT2D eigenvalue weighted by Crippen LogP contribution is -2.46. The number of H-pyrrole nitrogens is 1. The Bertz CT molecular complexity index is 1750. The minimum Gasteiger partial charge on any atom is -0.378 e. The Morgan fingerprint density at radius 2 is 2.00 bits per heavy atom. The Balaban J connectivity index is 1.20. The summed E-state index contributed by atoms with van der Waals surface area (Å²) in [6.45, 7) is 4.51. The van der Waals surface area contributed by atoms with Gasteiger partial charge in [0.25, 0.3) is 5.91 Å². The van der Waals surface area contributed by atoms with Crippen LogP contribution < -0.4 is 20.2 Å². The van der Waals surface area contributed by atoms with Crippen LogP contribution in [0.25, 0.3) is 32.5 Å². The number of likely N-dealkylation sites (N-methyl/N-ethyl adjacent to an activating group) is 1. The molecule has 14 heteroatoms. The summed E-state index contributed by atoms with van der Waals surface area (Å²) >= 11 is 1.71. The van der Waals surface area contributed by atoms with Gasteiger partial charge in [-0.1, -0.05) is 12.1 Å². The average molecular weight is 601 g/mol. The number of aromatic amines is 1. The molecule has 0 radical (unpaired) electrons. The van der Waals surface area contributed by atoms with Crippen molar-refractivity contribution < 1.29 is 14.7 Å². The van der Waals surface area contributed by atoms with Gasteiger partial charge in [-0.05, 0) is 31.4 Å². The average Bonchev–Trinajstić information content (AvgIpc) is 3.72. The number of piperidine rings is 1. The van der Waals surface area contributed by atoms with Crippen LogP contribution in [0.4, 0.5) is 16.8 Å². The first kappa shape index (κ1) is 27.4. The van der Waals surface area contributed by atoms with Gasteiger partial charge in [-0.3, -0.25) is 15.1 Å². The van der Waals surface area contributed by atoms with Crippen molar-refractivity contribution in [1.29, 1.82) is 0 Å². The van der Waals surface area contributed by atoms with E-state index >= 15 is 0 Å². The number of hydroxylamine groups is 1. The monoisotopic (exact) mass is 600 g/mol. The summed E-state index contributed by atoms with van der Waals surface area (Å²) in [6, 6.07) is 8.41. The lowest BCUT2D eigenvalue weighted by molar-refractivity contribution is 0.0705. The summed E-state index contributed by atoms with van der Waals surface area (Å²) < 4.78 is 6.71. The quantitative estimate of drug-likeness (QED) is 0.186. The third-order valence-corrected chi connectivity index (χ3v) is 9.36. The topological polar surface area (TPSA) is 149 Å². The fourth-order valence-electron chi connectivity index (χ4n) is 5.87. The predicted molar refractivity (Wildman–Crippen MR) is 165 cm³/mol. The molecular formula is C29H32N10O3S. The maximum absolute atomic E-state index is 11.7. The molecule has 0 aliphatic carbocycles. The molecule has 222 valence electrons. The molecule has 2 fully saturated rings. The number of amides is 1. The van der Waals surface area contributed by atoms with Gasteiger partial charge in [-0.15, -0.1) is 11.3 Å². The van der Waals surface area contributed by atoms with Crippen LogP contribution in [0, 0.1) is 0 Å². The number of ether oxygens (including phenoxy) is 1. The lowest BCUT2D eigenvalue weighted by atomic mass is 10.0. The van der Waals surface area contributed by atoms with E-state index in [-0.39, 0.29) is 11.6 Å². The van der Waals surface area contributed by atoms with Gasteiger partial charge >= 0.3 is 0 Å². The Morgan fingerprint density at radius 1 is 1.16 bits per heavy atom. The number of nitrogens with one attached hydrogen (secondary N) is 2. The first-order valence-corrected chi connectivity index (χ1v) is 15.2. The lowest BCUT2D eigenvalue weighted by Gasteiger charge is -2.38. The Hall–Kier alpha value is -4.40. The van der Waals surface area contributed by atoms with E-state index in [4.69, 9.17) is 19.9 Å². The molecule has 2 saturated heterocycles. The highest BCUT2D eigenvalue weighted by Crippen LogP contribution is 2.39. The van der Waals surface area contributed by atoms with Crippen molar-refractivity contribution in [3.8, 4) is 11.4 Å². The number of benzene rings is 1. The zero-order valence-corrected chi connectivity index (χ0v) is 24.5. The number of rotatable bonds is 7. The van der Waals surface area contributed by atoms with E-state index in [1.807, 2.05) is 24.4 Å². The number of aromatic nitrogens is 6. The van der Waals surface area contributed by atoms with Crippen molar-refractivity contribution in [3.05, 3.63) is 48.4 Å². The Labute approximate surface area is 251 Å². The zero-order chi connectivity index (χ0) is 29.3. The van der Waals surface area contributed by atoms with Crippen LogP contribution in [-0.4, -0.2) is 93.7 Å². The van der Waals surface area contributed by atoms with Gasteiger partial charge in [0.2, 0.25) is 5.95 Å². The van der Waals surface area contributed by atoms with E-state index in [0.29, 0.717) is 25.0 Å². The molecule has 0 bridgehead atoms. The van der Waals surface area contributed by atoms with Crippen LogP contribution in [0.3, 0.4) is 0 Å². The molecule has 2 aliphatic rings. The number of thiophene rings is 1. The summed E-state index contributed by atoms with van der Waals surface area (Å²) in [6.07, 6.45) is 7.91. The molecule has 13 nitrogen and oxygen atoms in total. The van der Waals surface area contributed by atoms with Crippen LogP contribution in [0.1, 0.15) is 29.6 Å². The molecule has 1 amide bonds. The van der Waals surface area contributed by atoms with Gasteiger partial charge in [0.05, 0.1) is 45.7 Å². The van der Waals surface area contributed by atoms with E-state index < -0.39 is 5.91 Å². The summed E-state index contributed by atoms with van der Waals surface area (Å²) in [5.41, 5.74) is 4.65. The maximum Gasteiger partial charge on any atom is 0.277 e. The molecule has 3 N–H and O–H groups in total. The summed E-state index contributed by atoms with van der Waals surface area (Å²) in [5, 5.41) is 18.3. The van der Waals surface area contributed by atoms with Gasteiger partial charge in [-0.2, -0.15) is 5.10 Å². The number of anilines is 3. The molecule has 1 atom stereocenters. The van der Waals surface area contributed by atoms with Crippen molar-refractivity contribution in [2.24, 2.45) is 0 Å².